The number of carbonyl (C=O) groups is 1. The van der Waals surface area contributed by atoms with Crippen LogP contribution in [0.5, 0.6) is 0 Å². The number of aryl methyl sites for hydroxylation is 1. The molecule has 26 heavy (non-hydrogen) atoms. The van der Waals surface area contributed by atoms with E-state index in [-0.39, 0.29) is 4.91 Å². The minimum atomic E-state index is -1.27. The van der Waals surface area contributed by atoms with Crippen LogP contribution in [0.2, 0.25) is 5.02 Å². The van der Waals surface area contributed by atoms with Gasteiger partial charge in [0.2, 0.25) is 5.16 Å². The fourth-order valence-electron chi connectivity index (χ4n) is 2.43. The van der Waals surface area contributed by atoms with Crippen molar-refractivity contribution in [3.05, 3.63) is 57.2 Å². The van der Waals surface area contributed by atoms with Crippen molar-refractivity contribution in [3.63, 3.8) is 0 Å². The van der Waals surface area contributed by atoms with Gasteiger partial charge < -0.3 is 14.5 Å². The molecule has 0 atom stereocenters. The van der Waals surface area contributed by atoms with Crippen molar-refractivity contribution in [2.45, 2.75) is 19.0 Å². The van der Waals surface area contributed by atoms with E-state index in [0.29, 0.717) is 16.0 Å². The van der Waals surface area contributed by atoms with Crippen molar-refractivity contribution in [2.75, 3.05) is 0 Å². The van der Waals surface area contributed by atoms with Gasteiger partial charge in [-0.05, 0) is 67.6 Å². The maximum atomic E-state index is 11.5. The van der Waals surface area contributed by atoms with Crippen LogP contribution in [0.4, 0.5) is 0 Å². The van der Waals surface area contributed by atoms with Crippen LogP contribution >= 0.6 is 23.4 Å². The van der Waals surface area contributed by atoms with Crippen LogP contribution in [0.25, 0.3) is 17.5 Å². The molecule has 1 N–H and O–H groups in total. The molecule has 0 amide bonds. The lowest BCUT2D eigenvalue weighted by atomic mass is 10.2. The monoisotopic (exact) mass is 387 g/mol. The number of carbonyl (C=O) groups excluding carboxylic acids is 1. The van der Waals surface area contributed by atoms with Gasteiger partial charge in [0.25, 0.3) is 0 Å². The summed E-state index contributed by atoms with van der Waals surface area (Å²) in [5, 5.41) is 19.3. The Morgan fingerprint density at radius 1 is 1.31 bits per heavy atom. The van der Waals surface area contributed by atoms with E-state index < -0.39 is 5.97 Å². The average Bonchev–Trinajstić information content (AvgIpc) is 3.16. The highest BCUT2D eigenvalue weighted by Crippen LogP contribution is 2.28. The van der Waals surface area contributed by atoms with Crippen LogP contribution in [0.1, 0.15) is 17.0 Å². The van der Waals surface area contributed by atoms with Crippen LogP contribution in [-0.4, -0.2) is 25.7 Å². The van der Waals surface area contributed by atoms with E-state index in [0.717, 1.165) is 34.3 Å². The largest absolute Gasteiger partial charge is 0.544 e. The first-order chi connectivity index (χ1) is 12.3. The van der Waals surface area contributed by atoms with Crippen LogP contribution in [-0.2, 0) is 11.8 Å². The Kier molecular flexibility index (Phi) is 5.20. The van der Waals surface area contributed by atoms with Crippen molar-refractivity contribution in [1.29, 1.82) is 0 Å². The van der Waals surface area contributed by atoms with Gasteiger partial charge in [0.1, 0.15) is 0 Å². The molecular formula is C18H16ClN4O2S-. The number of aliphatic carboxylic acids is 1. The van der Waals surface area contributed by atoms with Gasteiger partial charge in [-0.3, -0.25) is 5.10 Å². The van der Waals surface area contributed by atoms with E-state index in [2.05, 4.69) is 15.2 Å². The van der Waals surface area contributed by atoms with Gasteiger partial charge >= 0.3 is 0 Å². The predicted octanol–water partition coefficient (Wildman–Crippen LogP) is 2.96. The fourth-order valence-corrected chi connectivity index (χ4v) is 3.25. The molecule has 0 aliphatic rings. The highest BCUT2D eigenvalue weighted by atomic mass is 35.5. The van der Waals surface area contributed by atoms with Crippen molar-refractivity contribution in [3.8, 4) is 11.4 Å². The number of H-pyrrole nitrogens is 1. The minimum Gasteiger partial charge on any atom is -0.544 e. The second-order valence-electron chi connectivity index (χ2n) is 5.76. The number of carboxylic acid groups (broad SMARTS) is 1. The average molecular weight is 388 g/mol. The van der Waals surface area contributed by atoms with Crippen molar-refractivity contribution in [1.82, 2.24) is 19.7 Å². The molecule has 8 heteroatoms. The zero-order valence-corrected chi connectivity index (χ0v) is 16.0. The molecule has 0 radical (unpaired) electrons. The molecule has 0 fully saturated rings. The summed E-state index contributed by atoms with van der Waals surface area (Å²) >= 11 is 6.82. The van der Waals surface area contributed by atoms with Crippen molar-refractivity contribution < 1.29 is 9.90 Å². The lowest BCUT2D eigenvalue weighted by Gasteiger charge is -2.06. The molecule has 0 aliphatic heterocycles. The number of rotatable bonds is 5. The molecule has 134 valence electrons. The van der Waals surface area contributed by atoms with Gasteiger partial charge in [0.15, 0.2) is 5.82 Å². The second-order valence-corrected chi connectivity index (χ2v) is 7.20. The van der Waals surface area contributed by atoms with Gasteiger partial charge in [-0.15, -0.1) is 5.10 Å². The second kappa shape index (κ2) is 7.39. The molecular weight excluding hydrogens is 372 g/mol. The fraction of sp³-hybridized carbons (Fsp3) is 0.167. The van der Waals surface area contributed by atoms with Crippen LogP contribution in [0, 0.1) is 13.8 Å². The predicted molar refractivity (Wildman–Crippen MR) is 101 cm³/mol. The smallest absolute Gasteiger partial charge is 0.213 e. The Labute approximate surface area is 159 Å². The van der Waals surface area contributed by atoms with E-state index in [4.69, 9.17) is 11.6 Å². The van der Waals surface area contributed by atoms with E-state index in [1.165, 1.54) is 0 Å². The number of nitrogens with one attached hydrogen (secondary N) is 1. The summed E-state index contributed by atoms with van der Waals surface area (Å²) in [6.45, 7) is 3.89. The van der Waals surface area contributed by atoms with Gasteiger partial charge in [0, 0.05) is 33.9 Å². The molecule has 0 bridgehead atoms. The summed E-state index contributed by atoms with van der Waals surface area (Å²) < 4.78 is 1.99. The molecule has 3 aromatic rings. The first-order valence-corrected chi connectivity index (χ1v) is 8.96. The molecule has 0 aliphatic carbocycles. The summed E-state index contributed by atoms with van der Waals surface area (Å²) in [7, 11) is 1.93. The Balaban J connectivity index is 1.87. The zero-order valence-electron chi connectivity index (χ0n) is 14.4. The Morgan fingerprint density at radius 3 is 2.58 bits per heavy atom. The Hall–Kier alpha value is -2.51. The molecule has 0 saturated carbocycles. The van der Waals surface area contributed by atoms with Crippen LogP contribution in [0.3, 0.4) is 0 Å². The molecule has 0 spiro atoms. The third-order valence-corrected chi connectivity index (χ3v) is 5.21. The molecule has 0 unspecified atom stereocenters. The van der Waals surface area contributed by atoms with Gasteiger partial charge in [-0.25, -0.2) is 4.98 Å². The quantitative estimate of drug-likeness (QED) is 0.537. The number of aromatic amines is 1. The van der Waals surface area contributed by atoms with Gasteiger partial charge in [0.05, 0.1) is 5.97 Å². The lowest BCUT2D eigenvalue weighted by Crippen LogP contribution is -2.23. The van der Waals surface area contributed by atoms with Crippen LogP contribution < -0.4 is 5.11 Å². The number of benzene rings is 1. The number of carboxylic acids is 1. The Morgan fingerprint density at radius 2 is 2.00 bits per heavy atom. The highest BCUT2D eigenvalue weighted by molar-refractivity contribution is 8.04. The normalized spacial score (nSPS) is 11.8. The number of hydrogen-bond donors (Lipinski definition) is 1. The summed E-state index contributed by atoms with van der Waals surface area (Å²) in [4.78, 5) is 15.9. The maximum Gasteiger partial charge on any atom is 0.213 e. The summed E-state index contributed by atoms with van der Waals surface area (Å²) in [5.41, 5.74) is 3.64. The van der Waals surface area contributed by atoms with E-state index in [1.807, 2.05) is 43.7 Å². The number of aromatic nitrogens is 4. The number of hydrogen-bond acceptors (Lipinski definition) is 5. The maximum absolute atomic E-state index is 11.5. The third-order valence-electron chi connectivity index (χ3n) is 4.09. The van der Waals surface area contributed by atoms with Gasteiger partial charge in [-0.1, -0.05) is 11.6 Å². The summed E-state index contributed by atoms with van der Waals surface area (Å²) in [6.07, 6.45) is 1.58. The Bertz CT molecular complexity index is 989. The van der Waals surface area contributed by atoms with E-state index >= 15 is 0 Å². The van der Waals surface area contributed by atoms with Gasteiger partial charge in [-0.2, -0.15) is 0 Å². The summed E-state index contributed by atoms with van der Waals surface area (Å²) in [6, 6.07) is 9.04. The van der Waals surface area contributed by atoms with E-state index in [1.54, 1.807) is 18.2 Å². The number of thioether (sulfide) groups is 1. The number of halogens is 1. The summed E-state index contributed by atoms with van der Waals surface area (Å²) in [5.74, 6) is -0.734. The first-order valence-electron chi connectivity index (χ1n) is 7.77. The molecule has 3 rings (SSSR count). The van der Waals surface area contributed by atoms with E-state index in [9.17, 15) is 9.90 Å². The molecule has 0 saturated heterocycles. The molecule has 2 heterocycles. The number of nitrogens with zero attached hydrogens (tertiary/aromatic N) is 3. The third kappa shape index (κ3) is 3.84. The molecule has 6 nitrogen and oxygen atoms in total. The SMILES string of the molecule is Cc1cc(/C=C(\Sc2n[nH]c(-c3ccc(Cl)cc3)n2)C(=O)[O-])c(C)n1C. The lowest BCUT2D eigenvalue weighted by molar-refractivity contribution is -0.297. The minimum absolute atomic E-state index is 0.0420. The topological polar surface area (TPSA) is 86.6 Å². The first kappa shape index (κ1) is 18.3. The molecule has 1 aromatic carbocycles. The highest BCUT2D eigenvalue weighted by Gasteiger charge is 2.12. The van der Waals surface area contributed by atoms with Crippen molar-refractivity contribution >= 4 is 35.4 Å². The van der Waals surface area contributed by atoms with Crippen LogP contribution in [0.15, 0.2) is 40.4 Å². The zero-order chi connectivity index (χ0) is 18.8. The van der Waals surface area contributed by atoms with Crippen molar-refractivity contribution in [2.24, 2.45) is 7.05 Å². The molecule has 2 aromatic heterocycles. The standard InChI is InChI=1S/C18H17ClN4O2S/c1-10-8-13(11(2)23(10)3)9-15(17(24)25)26-18-20-16(21-22-18)12-4-6-14(19)7-5-12/h4-9H,1-3H3,(H,24,25)(H,20,21,22)/p-1/b15-9-.